The van der Waals surface area contributed by atoms with Gasteiger partial charge in [-0.05, 0) is 30.7 Å². The van der Waals surface area contributed by atoms with Crippen molar-refractivity contribution in [2.75, 3.05) is 19.0 Å². The van der Waals surface area contributed by atoms with E-state index in [-0.39, 0.29) is 11.4 Å². The molecule has 0 unspecified atom stereocenters. The van der Waals surface area contributed by atoms with Gasteiger partial charge in [0, 0.05) is 22.9 Å². The molecule has 3 aromatic carbocycles. The second kappa shape index (κ2) is 7.75. The lowest BCUT2D eigenvalue weighted by molar-refractivity contribution is -0.385. The fourth-order valence-electron chi connectivity index (χ4n) is 3.24. The van der Waals surface area contributed by atoms with Crippen LogP contribution in [0.25, 0.3) is 21.9 Å². The first kappa shape index (κ1) is 19.3. The second-order valence-corrected chi connectivity index (χ2v) is 6.71. The van der Waals surface area contributed by atoms with Gasteiger partial charge in [0.2, 0.25) is 0 Å². The molecule has 1 heterocycles. The maximum absolute atomic E-state index is 12.4. The highest BCUT2D eigenvalue weighted by molar-refractivity contribution is 6.07. The van der Waals surface area contributed by atoms with Gasteiger partial charge in [0.1, 0.15) is 16.9 Å². The number of furan rings is 1. The Bertz CT molecular complexity index is 1280. The van der Waals surface area contributed by atoms with Crippen LogP contribution in [0.15, 0.2) is 59.0 Å². The summed E-state index contributed by atoms with van der Waals surface area (Å²) in [5, 5.41) is 15.7. The Hall–Kier alpha value is -4.07. The number of nitro benzene ring substituents is 1. The summed E-state index contributed by atoms with van der Waals surface area (Å²) in [6.07, 6.45) is 0. The molecule has 1 amide bonds. The molecule has 4 aromatic rings. The van der Waals surface area contributed by atoms with Crippen molar-refractivity contribution >= 4 is 39.2 Å². The summed E-state index contributed by atoms with van der Waals surface area (Å²) >= 11 is 0. The van der Waals surface area contributed by atoms with E-state index in [1.54, 1.807) is 25.1 Å². The average molecular weight is 406 g/mol. The molecule has 0 bridgehead atoms. The lowest BCUT2D eigenvalue weighted by Gasteiger charge is -2.11. The molecule has 4 rings (SSSR count). The molecule has 1 N–H and O–H groups in total. The molecular formula is C22H18N2O6. The first-order valence-corrected chi connectivity index (χ1v) is 9.13. The number of hydrogen-bond acceptors (Lipinski definition) is 6. The van der Waals surface area contributed by atoms with Crippen LogP contribution in [0, 0.1) is 17.0 Å². The number of ether oxygens (including phenoxy) is 2. The standard InChI is InChI=1S/C22H18N2O6/c1-13-7-8-19(17(9-13)24(26)27)29-12-22(25)23-16-11-20-15(10-21(16)28-2)14-5-3-4-6-18(14)30-20/h3-11H,12H2,1-2H3,(H,23,25). The van der Waals surface area contributed by atoms with Crippen LogP contribution in [-0.4, -0.2) is 24.5 Å². The Labute approximate surface area is 171 Å². The van der Waals surface area contributed by atoms with Crippen LogP contribution in [0.5, 0.6) is 11.5 Å². The zero-order valence-corrected chi connectivity index (χ0v) is 16.3. The molecule has 30 heavy (non-hydrogen) atoms. The molecule has 0 radical (unpaired) electrons. The van der Waals surface area contributed by atoms with Gasteiger partial charge in [-0.25, -0.2) is 0 Å². The number of nitrogens with zero attached hydrogens (tertiary/aromatic N) is 1. The van der Waals surface area contributed by atoms with Gasteiger partial charge in [0.15, 0.2) is 12.4 Å². The maximum Gasteiger partial charge on any atom is 0.311 e. The van der Waals surface area contributed by atoms with E-state index in [0.29, 0.717) is 17.0 Å². The molecule has 0 saturated heterocycles. The van der Waals surface area contributed by atoms with E-state index in [2.05, 4.69) is 5.32 Å². The molecule has 0 aliphatic rings. The molecule has 152 valence electrons. The van der Waals surface area contributed by atoms with Crippen LogP contribution in [0.1, 0.15) is 5.56 Å². The predicted octanol–water partition coefficient (Wildman–Crippen LogP) is 4.83. The lowest BCUT2D eigenvalue weighted by atomic mass is 10.1. The third kappa shape index (κ3) is 3.62. The summed E-state index contributed by atoms with van der Waals surface area (Å²) in [6.45, 7) is 1.34. The summed E-state index contributed by atoms with van der Waals surface area (Å²) < 4.78 is 16.6. The molecule has 0 aliphatic heterocycles. The number of carbonyl (C=O) groups is 1. The topological polar surface area (TPSA) is 104 Å². The van der Waals surface area contributed by atoms with Crippen molar-refractivity contribution in [3.63, 3.8) is 0 Å². The Morgan fingerprint density at radius 1 is 1.07 bits per heavy atom. The van der Waals surface area contributed by atoms with Crippen molar-refractivity contribution in [1.82, 2.24) is 0 Å². The fraction of sp³-hybridized carbons (Fsp3) is 0.136. The maximum atomic E-state index is 12.4. The monoisotopic (exact) mass is 406 g/mol. The van der Waals surface area contributed by atoms with Crippen molar-refractivity contribution in [3.8, 4) is 11.5 Å². The third-order valence-corrected chi connectivity index (χ3v) is 4.64. The number of amides is 1. The third-order valence-electron chi connectivity index (χ3n) is 4.64. The average Bonchev–Trinajstić information content (AvgIpc) is 3.09. The lowest BCUT2D eigenvalue weighted by Crippen LogP contribution is -2.20. The van der Waals surface area contributed by atoms with Crippen LogP contribution in [0.2, 0.25) is 0 Å². The first-order valence-electron chi connectivity index (χ1n) is 9.13. The number of nitrogens with one attached hydrogen (secondary N) is 1. The van der Waals surface area contributed by atoms with Crippen LogP contribution in [0.4, 0.5) is 11.4 Å². The number of rotatable bonds is 6. The Kier molecular flexibility index (Phi) is 4.97. The van der Waals surface area contributed by atoms with Crippen LogP contribution >= 0.6 is 0 Å². The minimum atomic E-state index is -0.543. The molecule has 1 aromatic heterocycles. The van der Waals surface area contributed by atoms with Crippen molar-refractivity contribution in [2.24, 2.45) is 0 Å². The Balaban J connectivity index is 1.56. The number of aryl methyl sites for hydroxylation is 1. The second-order valence-electron chi connectivity index (χ2n) is 6.71. The van der Waals surface area contributed by atoms with Gasteiger partial charge in [0.05, 0.1) is 17.7 Å². The summed E-state index contributed by atoms with van der Waals surface area (Å²) in [6, 6.07) is 15.6. The van der Waals surface area contributed by atoms with Crippen LogP contribution in [-0.2, 0) is 4.79 Å². The SMILES string of the molecule is COc1cc2c(cc1NC(=O)COc1ccc(C)cc1[N+](=O)[O-])oc1ccccc12. The van der Waals surface area contributed by atoms with Gasteiger partial charge in [-0.2, -0.15) is 0 Å². The van der Waals surface area contributed by atoms with Gasteiger partial charge in [-0.1, -0.05) is 24.3 Å². The minimum Gasteiger partial charge on any atom is -0.495 e. The highest BCUT2D eigenvalue weighted by Gasteiger charge is 2.18. The smallest absolute Gasteiger partial charge is 0.311 e. The molecule has 8 heteroatoms. The normalized spacial score (nSPS) is 10.9. The molecule has 0 atom stereocenters. The van der Waals surface area contributed by atoms with E-state index in [1.165, 1.54) is 19.2 Å². The highest BCUT2D eigenvalue weighted by Crippen LogP contribution is 2.36. The number of benzene rings is 3. The summed E-state index contributed by atoms with van der Waals surface area (Å²) in [5.41, 5.74) is 2.28. The predicted molar refractivity (Wildman–Crippen MR) is 112 cm³/mol. The molecule has 0 saturated carbocycles. The largest absolute Gasteiger partial charge is 0.495 e. The Morgan fingerprint density at radius 3 is 2.63 bits per heavy atom. The number of carbonyl (C=O) groups excluding carboxylic acids is 1. The van der Waals surface area contributed by atoms with Crippen molar-refractivity contribution in [1.29, 1.82) is 0 Å². The van der Waals surface area contributed by atoms with Gasteiger partial charge < -0.3 is 19.2 Å². The van der Waals surface area contributed by atoms with E-state index in [9.17, 15) is 14.9 Å². The molecular weight excluding hydrogens is 388 g/mol. The van der Waals surface area contributed by atoms with E-state index in [0.717, 1.165) is 21.9 Å². The zero-order valence-electron chi connectivity index (χ0n) is 16.3. The van der Waals surface area contributed by atoms with Gasteiger partial charge in [0.25, 0.3) is 5.91 Å². The summed E-state index contributed by atoms with van der Waals surface area (Å²) in [5.74, 6) is 0.00260. The zero-order chi connectivity index (χ0) is 21.3. The Morgan fingerprint density at radius 2 is 1.87 bits per heavy atom. The first-order chi connectivity index (χ1) is 14.5. The number of para-hydroxylation sites is 1. The number of methoxy groups -OCH3 is 1. The highest BCUT2D eigenvalue weighted by atomic mass is 16.6. The number of fused-ring (bicyclic) bond motifs is 3. The fourth-order valence-corrected chi connectivity index (χ4v) is 3.24. The molecule has 0 fully saturated rings. The van der Waals surface area contributed by atoms with Gasteiger partial charge in [-0.3, -0.25) is 14.9 Å². The van der Waals surface area contributed by atoms with Crippen LogP contribution < -0.4 is 14.8 Å². The molecule has 8 nitrogen and oxygen atoms in total. The quantitative estimate of drug-likeness (QED) is 0.363. The molecule has 0 spiro atoms. The van der Waals surface area contributed by atoms with Crippen molar-refractivity contribution < 1.29 is 23.6 Å². The van der Waals surface area contributed by atoms with E-state index in [4.69, 9.17) is 13.9 Å². The van der Waals surface area contributed by atoms with Gasteiger partial charge >= 0.3 is 5.69 Å². The van der Waals surface area contributed by atoms with Crippen LogP contribution in [0.3, 0.4) is 0 Å². The minimum absolute atomic E-state index is 0.0282. The number of nitro groups is 1. The van der Waals surface area contributed by atoms with Crippen molar-refractivity contribution in [2.45, 2.75) is 6.92 Å². The summed E-state index contributed by atoms with van der Waals surface area (Å²) in [4.78, 5) is 23.1. The molecule has 0 aliphatic carbocycles. The van der Waals surface area contributed by atoms with Gasteiger partial charge in [-0.15, -0.1) is 0 Å². The summed E-state index contributed by atoms with van der Waals surface area (Å²) in [7, 11) is 1.51. The number of anilines is 1. The van der Waals surface area contributed by atoms with Crippen molar-refractivity contribution in [3.05, 3.63) is 70.3 Å². The number of hydrogen-bond donors (Lipinski definition) is 1. The van der Waals surface area contributed by atoms with E-state index >= 15 is 0 Å². The van der Waals surface area contributed by atoms with E-state index in [1.807, 2.05) is 24.3 Å². The van der Waals surface area contributed by atoms with E-state index < -0.39 is 17.4 Å².